The molecule has 0 fully saturated rings. The van der Waals surface area contributed by atoms with Crippen molar-refractivity contribution in [2.75, 3.05) is 26.1 Å². The maximum absolute atomic E-state index is 11.8. The molecule has 2 N–H and O–H groups in total. The Morgan fingerprint density at radius 1 is 1.09 bits per heavy atom. The molecule has 7 heteroatoms. The third-order valence-electron chi connectivity index (χ3n) is 2.91. The molecule has 0 saturated heterocycles. The summed E-state index contributed by atoms with van der Waals surface area (Å²) < 4.78 is 9.28. The number of benzene rings is 1. The first-order valence-corrected chi connectivity index (χ1v) is 6.89. The lowest BCUT2D eigenvalue weighted by atomic mass is 10.1. The maximum atomic E-state index is 11.8. The van der Waals surface area contributed by atoms with Crippen LogP contribution in [0.3, 0.4) is 0 Å². The number of urea groups is 1. The van der Waals surface area contributed by atoms with E-state index in [0.717, 1.165) is 12.8 Å². The topological polar surface area (TPSA) is 93.7 Å². The molecule has 0 atom stereocenters. The van der Waals surface area contributed by atoms with Gasteiger partial charge in [0.2, 0.25) is 0 Å². The molecule has 0 radical (unpaired) electrons. The molecule has 0 aliphatic heterocycles. The predicted molar refractivity (Wildman–Crippen MR) is 81.1 cm³/mol. The number of rotatable bonds is 6. The molecule has 22 heavy (non-hydrogen) atoms. The van der Waals surface area contributed by atoms with Gasteiger partial charge >= 0.3 is 18.0 Å². The Balaban J connectivity index is 2.98. The van der Waals surface area contributed by atoms with Crippen molar-refractivity contribution in [2.45, 2.75) is 19.8 Å². The van der Waals surface area contributed by atoms with E-state index in [1.54, 1.807) is 0 Å². The molecule has 7 nitrogen and oxygen atoms in total. The Bertz CT molecular complexity index is 557. The standard InChI is InChI=1S/C15H20N2O5/c1-4-5-8-16-15(20)17-12-9-10(13(18)21-2)6-7-11(12)14(19)22-3/h6-7,9H,4-5,8H2,1-3H3,(H2,16,17,20). The van der Waals surface area contributed by atoms with Crippen LogP contribution in [0.25, 0.3) is 0 Å². The molecule has 0 unspecified atom stereocenters. The van der Waals surface area contributed by atoms with E-state index < -0.39 is 18.0 Å². The molecule has 0 aliphatic rings. The van der Waals surface area contributed by atoms with Crippen molar-refractivity contribution in [2.24, 2.45) is 0 Å². The number of carbonyl (C=O) groups excluding carboxylic acids is 3. The van der Waals surface area contributed by atoms with Crippen molar-refractivity contribution < 1.29 is 23.9 Å². The van der Waals surface area contributed by atoms with Gasteiger partial charge in [-0.15, -0.1) is 0 Å². The second kappa shape index (κ2) is 8.66. The second-order valence-corrected chi connectivity index (χ2v) is 4.48. The van der Waals surface area contributed by atoms with Crippen molar-refractivity contribution in [3.05, 3.63) is 29.3 Å². The van der Waals surface area contributed by atoms with E-state index in [1.165, 1.54) is 32.4 Å². The highest BCUT2D eigenvalue weighted by Gasteiger charge is 2.17. The highest BCUT2D eigenvalue weighted by molar-refractivity contribution is 6.03. The number of amides is 2. The molecule has 0 heterocycles. The molecule has 0 bridgehead atoms. The van der Waals surface area contributed by atoms with Gasteiger partial charge in [0, 0.05) is 6.54 Å². The smallest absolute Gasteiger partial charge is 0.339 e. The van der Waals surface area contributed by atoms with Crippen molar-refractivity contribution in [1.82, 2.24) is 5.32 Å². The molecule has 120 valence electrons. The SMILES string of the molecule is CCCCNC(=O)Nc1cc(C(=O)OC)ccc1C(=O)OC. The summed E-state index contributed by atoms with van der Waals surface area (Å²) in [5, 5.41) is 5.21. The number of hydrogen-bond donors (Lipinski definition) is 2. The fourth-order valence-corrected chi connectivity index (χ4v) is 1.73. The van der Waals surface area contributed by atoms with Crippen LogP contribution < -0.4 is 10.6 Å². The molecule has 2 amide bonds. The van der Waals surface area contributed by atoms with Crippen LogP contribution in [0.15, 0.2) is 18.2 Å². The van der Waals surface area contributed by atoms with E-state index in [0.29, 0.717) is 6.54 Å². The summed E-state index contributed by atoms with van der Waals surface area (Å²) in [5.41, 5.74) is 0.559. The minimum absolute atomic E-state index is 0.154. The summed E-state index contributed by atoms with van der Waals surface area (Å²) in [6, 6.07) is 3.75. The van der Waals surface area contributed by atoms with Gasteiger partial charge in [-0.3, -0.25) is 0 Å². The highest BCUT2D eigenvalue weighted by atomic mass is 16.5. The first-order chi connectivity index (χ1) is 10.5. The number of carbonyl (C=O) groups is 3. The zero-order chi connectivity index (χ0) is 16.5. The lowest BCUT2D eigenvalue weighted by Gasteiger charge is -2.12. The van der Waals surface area contributed by atoms with Gasteiger partial charge in [0.05, 0.1) is 31.0 Å². The molecule has 0 aromatic heterocycles. The number of anilines is 1. The van der Waals surface area contributed by atoms with Crippen LogP contribution in [0.2, 0.25) is 0 Å². The molecule has 1 rings (SSSR count). The minimum atomic E-state index is -0.611. The third kappa shape index (κ3) is 4.76. The lowest BCUT2D eigenvalue weighted by molar-refractivity contribution is 0.0587. The normalized spacial score (nSPS) is 9.77. The molecule has 0 aliphatic carbocycles. The van der Waals surface area contributed by atoms with Gasteiger partial charge in [-0.2, -0.15) is 0 Å². The van der Waals surface area contributed by atoms with Gasteiger partial charge in [0.25, 0.3) is 0 Å². The van der Waals surface area contributed by atoms with Crippen LogP contribution >= 0.6 is 0 Å². The Hall–Kier alpha value is -2.57. The Morgan fingerprint density at radius 3 is 2.36 bits per heavy atom. The quantitative estimate of drug-likeness (QED) is 0.620. The van der Waals surface area contributed by atoms with Gasteiger partial charge in [0.1, 0.15) is 0 Å². The van der Waals surface area contributed by atoms with E-state index in [-0.39, 0.29) is 16.8 Å². The van der Waals surface area contributed by atoms with E-state index in [9.17, 15) is 14.4 Å². The van der Waals surface area contributed by atoms with E-state index in [4.69, 9.17) is 0 Å². The van der Waals surface area contributed by atoms with Gasteiger partial charge < -0.3 is 20.1 Å². The summed E-state index contributed by atoms with van der Waals surface area (Å²) in [6.07, 6.45) is 1.80. The van der Waals surface area contributed by atoms with Crippen LogP contribution in [0.4, 0.5) is 10.5 Å². The van der Waals surface area contributed by atoms with Crippen LogP contribution in [0, 0.1) is 0 Å². The Morgan fingerprint density at radius 2 is 1.77 bits per heavy atom. The summed E-state index contributed by atoms with van der Waals surface area (Å²) in [4.78, 5) is 35.1. The maximum Gasteiger partial charge on any atom is 0.339 e. The molecule has 0 saturated carbocycles. The highest BCUT2D eigenvalue weighted by Crippen LogP contribution is 2.19. The van der Waals surface area contributed by atoms with Crippen LogP contribution in [-0.2, 0) is 9.47 Å². The van der Waals surface area contributed by atoms with Gasteiger partial charge in [-0.05, 0) is 24.6 Å². The van der Waals surface area contributed by atoms with Crippen LogP contribution in [0.1, 0.15) is 40.5 Å². The lowest BCUT2D eigenvalue weighted by Crippen LogP contribution is -2.30. The number of esters is 2. The van der Waals surface area contributed by atoms with Crippen molar-refractivity contribution in [3.63, 3.8) is 0 Å². The second-order valence-electron chi connectivity index (χ2n) is 4.48. The fraction of sp³-hybridized carbons (Fsp3) is 0.400. The largest absolute Gasteiger partial charge is 0.465 e. The molecule has 1 aromatic carbocycles. The van der Waals surface area contributed by atoms with Crippen molar-refractivity contribution in [3.8, 4) is 0 Å². The summed E-state index contributed by atoms with van der Waals surface area (Å²) in [7, 11) is 2.49. The Kier molecular flexibility index (Phi) is 6.88. The number of unbranched alkanes of at least 4 members (excludes halogenated alkanes) is 1. The van der Waals surface area contributed by atoms with Crippen molar-refractivity contribution >= 4 is 23.7 Å². The van der Waals surface area contributed by atoms with E-state index in [2.05, 4.69) is 20.1 Å². The fourth-order valence-electron chi connectivity index (χ4n) is 1.73. The summed E-state index contributed by atoms with van der Waals surface area (Å²) in [5.74, 6) is -1.17. The first kappa shape index (κ1) is 17.5. The summed E-state index contributed by atoms with van der Waals surface area (Å²) in [6.45, 7) is 2.53. The number of methoxy groups -OCH3 is 2. The van der Waals surface area contributed by atoms with Crippen LogP contribution in [0.5, 0.6) is 0 Å². The first-order valence-electron chi connectivity index (χ1n) is 6.89. The van der Waals surface area contributed by atoms with E-state index >= 15 is 0 Å². The number of ether oxygens (including phenoxy) is 2. The average molecular weight is 308 g/mol. The molecule has 0 spiro atoms. The summed E-state index contributed by atoms with van der Waals surface area (Å²) >= 11 is 0. The zero-order valence-corrected chi connectivity index (χ0v) is 12.9. The van der Waals surface area contributed by atoms with Crippen LogP contribution in [-0.4, -0.2) is 38.7 Å². The van der Waals surface area contributed by atoms with Gasteiger partial charge in [-0.25, -0.2) is 14.4 Å². The Labute approximate surface area is 129 Å². The minimum Gasteiger partial charge on any atom is -0.465 e. The number of nitrogens with one attached hydrogen (secondary N) is 2. The molecular weight excluding hydrogens is 288 g/mol. The molecular formula is C15H20N2O5. The third-order valence-corrected chi connectivity index (χ3v) is 2.91. The number of hydrogen-bond acceptors (Lipinski definition) is 5. The monoisotopic (exact) mass is 308 g/mol. The van der Waals surface area contributed by atoms with E-state index in [1.807, 2.05) is 6.92 Å². The average Bonchev–Trinajstić information content (AvgIpc) is 2.53. The van der Waals surface area contributed by atoms with Gasteiger partial charge in [0.15, 0.2) is 0 Å². The molecule has 1 aromatic rings. The zero-order valence-electron chi connectivity index (χ0n) is 12.9. The van der Waals surface area contributed by atoms with Crippen molar-refractivity contribution in [1.29, 1.82) is 0 Å². The van der Waals surface area contributed by atoms with Gasteiger partial charge in [-0.1, -0.05) is 13.3 Å². The predicted octanol–water partition coefficient (Wildman–Crippen LogP) is 2.18.